The maximum Gasteiger partial charge on any atom is 0.280 e. The molecule has 0 spiro atoms. The number of nitriles is 1. The number of carbonyl (C=O) groups is 1. The number of aryl methyl sites for hydroxylation is 1. The molecule has 36 heavy (non-hydrogen) atoms. The molecule has 1 saturated heterocycles. The van der Waals surface area contributed by atoms with Crippen molar-refractivity contribution in [3.63, 3.8) is 0 Å². The quantitative estimate of drug-likeness (QED) is 0.549. The molecule has 0 bridgehead atoms. The van der Waals surface area contributed by atoms with E-state index in [1.54, 1.807) is 11.6 Å². The Morgan fingerprint density at radius 1 is 1.31 bits per heavy atom. The van der Waals surface area contributed by atoms with E-state index in [1.165, 1.54) is 21.9 Å². The van der Waals surface area contributed by atoms with Gasteiger partial charge < -0.3 is 14.8 Å². The van der Waals surface area contributed by atoms with Crippen LogP contribution in [0.2, 0.25) is 0 Å². The molecule has 1 fully saturated rings. The Hall–Kier alpha value is -3.20. The van der Waals surface area contributed by atoms with E-state index in [4.69, 9.17) is 0 Å². The van der Waals surface area contributed by atoms with E-state index in [-0.39, 0.29) is 11.9 Å². The molecule has 4 heterocycles. The van der Waals surface area contributed by atoms with Crippen LogP contribution < -0.4 is 10.2 Å². The number of piperidine rings is 1. The monoisotopic (exact) mass is 524 g/mol. The Morgan fingerprint density at radius 3 is 2.81 bits per heavy atom. The summed E-state index contributed by atoms with van der Waals surface area (Å²) in [6, 6.07) is 8.31. The fraction of sp³-hybridized carbons (Fsp3) is 0.400. The zero-order valence-electron chi connectivity index (χ0n) is 20.3. The second kappa shape index (κ2) is 9.69. The third kappa shape index (κ3) is 4.64. The van der Waals surface area contributed by atoms with Crippen LogP contribution in [-0.2, 0) is 17.1 Å². The van der Waals surface area contributed by atoms with Crippen molar-refractivity contribution in [1.29, 1.82) is 5.26 Å². The number of hydrogen-bond acceptors (Lipinski definition) is 7. The maximum absolute atomic E-state index is 12.6. The topological polar surface area (TPSA) is 111 Å². The van der Waals surface area contributed by atoms with E-state index in [2.05, 4.69) is 27.3 Å². The van der Waals surface area contributed by atoms with Crippen LogP contribution in [0.1, 0.15) is 40.3 Å². The number of benzene rings is 1. The van der Waals surface area contributed by atoms with Crippen molar-refractivity contribution in [2.24, 2.45) is 7.05 Å². The normalized spacial score (nSPS) is 19.2. The highest BCUT2D eigenvalue weighted by atomic mass is 32.2. The lowest BCUT2D eigenvalue weighted by Crippen LogP contribution is -2.47. The van der Waals surface area contributed by atoms with E-state index < -0.39 is 10.0 Å². The SMILES string of the molecule is Cn1c(C2=CCN(S(C)(=O)=O)CC2)cc2c(N3CCC[C@@H](NC(=O)c4nccs4)C3)ccc(C#N)c21. The van der Waals surface area contributed by atoms with Gasteiger partial charge in [0, 0.05) is 67.6 Å². The van der Waals surface area contributed by atoms with Crippen molar-refractivity contribution in [2.75, 3.05) is 37.3 Å². The summed E-state index contributed by atoms with van der Waals surface area (Å²) < 4.78 is 27.4. The molecule has 11 heteroatoms. The van der Waals surface area contributed by atoms with Gasteiger partial charge in [-0.25, -0.2) is 13.4 Å². The number of sulfonamides is 1. The summed E-state index contributed by atoms with van der Waals surface area (Å²) in [5.74, 6) is -0.142. The van der Waals surface area contributed by atoms with Crippen molar-refractivity contribution in [2.45, 2.75) is 25.3 Å². The molecule has 2 aliphatic heterocycles. The highest BCUT2D eigenvalue weighted by Crippen LogP contribution is 2.36. The van der Waals surface area contributed by atoms with Gasteiger partial charge in [-0.2, -0.15) is 9.57 Å². The van der Waals surface area contributed by atoms with Crippen LogP contribution in [0.4, 0.5) is 5.69 Å². The summed E-state index contributed by atoms with van der Waals surface area (Å²) in [6.45, 7) is 2.33. The van der Waals surface area contributed by atoms with E-state index in [9.17, 15) is 18.5 Å². The van der Waals surface area contributed by atoms with Crippen LogP contribution >= 0.6 is 11.3 Å². The van der Waals surface area contributed by atoms with Crippen molar-refractivity contribution < 1.29 is 13.2 Å². The highest BCUT2D eigenvalue weighted by molar-refractivity contribution is 7.88. The Labute approximate surface area is 214 Å². The molecule has 1 atom stereocenters. The van der Waals surface area contributed by atoms with E-state index in [0.717, 1.165) is 47.2 Å². The smallest absolute Gasteiger partial charge is 0.280 e. The molecule has 2 aliphatic rings. The minimum absolute atomic E-state index is 0.00653. The standard InChI is InChI=1S/C25H28N6O3S2/c1-29-22(17-7-11-31(12-8-17)36(2,33)34)14-20-21(6-5-18(15-26)23(20)29)30-10-3-4-19(16-30)28-24(32)25-27-9-13-35-25/h5-7,9,13-14,19H,3-4,8,10-12,16H2,1-2H3,(H,28,32)/t19-/m1/s1. The number of fused-ring (bicyclic) bond motifs is 1. The van der Waals surface area contributed by atoms with Gasteiger partial charge in [0.25, 0.3) is 5.91 Å². The Morgan fingerprint density at radius 2 is 2.14 bits per heavy atom. The maximum atomic E-state index is 12.6. The lowest BCUT2D eigenvalue weighted by Gasteiger charge is -2.35. The molecule has 0 saturated carbocycles. The Kier molecular flexibility index (Phi) is 6.59. The fourth-order valence-electron chi connectivity index (χ4n) is 5.21. The van der Waals surface area contributed by atoms with Gasteiger partial charge in [-0.1, -0.05) is 6.08 Å². The molecule has 1 aromatic carbocycles. The lowest BCUT2D eigenvalue weighted by molar-refractivity contribution is 0.0933. The molecule has 1 N–H and O–H groups in total. The zero-order valence-corrected chi connectivity index (χ0v) is 21.9. The first kappa shape index (κ1) is 24.5. The number of rotatable bonds is 5. The summed E-state index contributed by atoms with van der Waals surface area (Å²) in [5, 5.41) is 16.2. The summed E-state index contributed by atoms with van der Waals surface area (Å²) in [4.78, 5) is 18.9. The number of hydrogen-bond donors (Lipinski definition) is 1. The average molecular weight is 525 g/mol. The van der Waals surface area contributed by atoms with Crippen molar-refractivity contribution in [3.8, 4) is 6.07 Å². The van der Waals surface area contributed by atoms with Gasteiger partial charge in [0.05, 0.1) is 17.3 Å². The third-order valence-corrected chi connectivity index (χ3v) is 9.03. The number of aromatic nitrogens is 2. The van der Waals surface area contributed by atoms with Gasteiger partial charge in [0.1, 0.15) is 6.07 Å². The van der Waals surface area contributed by atoms with Crippen LogP contribution in [-0.4, -0.2) is 66.7 Å². The first-order valence-corrected chi connectivity index (χ1v) is 14.6. The van der Waals surface area contributed by atoms with Gasteiger partial charge >= 0.3 is 0 Å². The van der Waals surface area contributed by atoms with E-state index in [1.807, 2.05) is 29.8 Å². The van der Waals surface area contributed by atoms with Crippen molar-refractivity contribution >= 4 is 49.4 Å². The third-order valence-electron chi connectivity index (χ3n) is 6.99. The van der Waals surface area contributed by atoms with Crippen LogP contribution in [0, 0.1) is 11.3 Å². The van der Waals surface area contributed by atoms with Crippen molar-refractivity contribution in [1.82, 2.24) is 19.2 Å². The fourth-order valence-corrected chi connectivity index (χ4v) is 6.52. The van der Waals surface area contributed by atoms with Gasteiger partial charge in [-0.05, 0) is 43.0 Å². The van der Waals surface area contributed by atoms with Crippen LogP contribution in [0.5, 0.6) is 0 Å². The average Bonchev–Trinajstić information content (AvgIpc) is 3.52. The predicted octanol–water partition coefficient (Wildman–Crippen LogP) is 2.95. The first-order valence-electron chi connectivity index (χ1n) is 11.9. The molecule has 188 valence electrons. The largest absolute Gasteiger partial charge is 0.369 e. The number of thiazole rings is 1. The molecular formula is C25H28N6O3S2. The van der Waals surface area contributed by atoms with Gasteiger partial charge in [-0.3, -0.25) is 4.79 Å². The summed E-state index contributed by atoms with van der Waals surface area (Å²) >= 11 is 1.33. The van der Waals surface area contributed by atoms with E-state index in [0.29, 0.717) is 36.6 Å². The second-order valence-corrected chi connectivity index (χ2v) is 12.2. The second-order valence-electron chi connectivity index (χ2n) is 9.29. The number of amides is 1. The summed E-state index contributed by atoms with van der Waals surface area (Å²) in [5.41, 5.74) is 4.57. The minimum Gasteiger partial charge on any atom is -0.369 e. The van der Waals surface area contributed by atoms with Crippen LogP contribution in [0.25, 0.3) is 16.5 Å². The Balaban J connectivity index is 1.46. The summed E-state index contributed by atoms with van der Waals surface area (Å²) in [7, 11) is -1.27. The first-order chi connectivity index (χ1) is 17.3. The number of anilines is 1. The van der Waals surface area contributed by atoms with E-state index >= 15 is 0 Å². The van der Waals surface area contributed by atoms with Gasteiger partial charge in [0.2, 0.25) is 10.0 Å². The number of nitrogens with one attached hydrogen (secondary N) is 1. The molecule has 3 aromatic rings. The minimum atomic E-state index is -3.23. The molecule has 0 unspecified atom stereocenters. The predicted molar refractivity (Wildman–Crippen MR) is 141 cm³/mol. The molecule has 1 amide bonds. The molecule has 5 rings (SSSR count). The zero-order chi connectivity index (χ0) is 25.4. The molecule has 0 aliphatic carbocycles. The molecular weight excluding hydrogens is 496 g/mol. The van der Waals surface area contributed by atoms with Crippen molar-refractivity contribution in [3.05, 3.63) is 52.1 Å². The molecule has 0 radical (unpaired) electrons. The van der Waals surface area contributed by atoms with Gasteiger partial charge in [-0.15, -0.1) is 11.3 Å². The molecule has 2 aromatic heterocycles. The molecule has 9 nitrogen and oxygen atoms in total. The highest BCUT2D eigenvalue weighted by Gasteiger charge is 2.27. The summed E-state index contributed by atoms with van der Waals surface area (Å²) in [6.07, 6.45) is 7.29. The van der Waals surface area contributed by atoms with Gasteiger partial charge in [0.15, 0.2) is 5.01 Å². The lowest BCUT2D eigenvalue weighted by atomic mass is 10.0. The Bertz CT molecular complexity index is 1480. The number of nitrogens with zero attached hydrogens (tertiary/aromatic N) is 5. The number of carbonyl (C=O) groups excluding carboxylic acids is 1. The van der Waals surface area contributed by atoms with Crippen LogP contribution in [0.15, 0.2) is 35.9 Å². The van der Waals surface area contributed by atoms with Crippen LogP contribution in [0.3, 0.4) is 0 Å².